The molecule has 2 N–H and O–H groups in total. The van der Waals surface area contributed by atoms with Gasteiger partial charge in [0.15, 0.2) is 0 Å². The van der Waals surface area contributed by atoms with Gasteiger partial charge in [-0.1, -0.05) is 19.9 Å². The van der Waals surface area contributed by atoms with Gasteiger partial charge in [0.05, 0.1) is 9.52 Å². The van der Waals surface area contributed by atoms with Gasteiger partial charge in [-0.3, -0.25) is 4.98 Å². The second-order valence-corrected chi connectivity index (χ2v) is 5.43. The maximum Gasteiger partial charge on any atom is 0.0690 e. The van der Waals surface area contributed by atoms with Gasteiger partial charge in [-0.05, 0) is 22.8 Å². The first-order valence-electron chi connectivity index (χ1n) is 4.01. The van der Waals surface area contributed by atoms with Crippen molar-refractivity contribution in [3.8, 4) is 0 Å². The molecule has 1 heterocycles. The molecule has 1 aromatic rings. The highest BCUT2D eigenvalue weighted by molar-refractivity contribution is 6.39. The van der Waals surface area contributed by atoms with Crippen LogP contribution < -0.4 is 5.73 Å². The molecule has 0 amide bonds. The molecule has 0 spiro atoms. The molecule has 0 aromatic carbocycles. The first-order chi connectivity index (χ1) is 5.58. The molecule has 3 heteroatoms. The Hall–Kier alpha value is -0.673. The van der Waals surface area contributed by atoms with Gasteiger partial charge in [-0.2, -0.15) is 0 Å². The van der Waals surface area contributed by atoms with E-state index in [0.29, 0.717) is 0 Å². The molecule has 0 saturated heterocycles. The Morgan fingerprint density at radius 3 is 2.83 bits per heavy atom. The molecule has 0 aliphatic heterocycles. The lowest BCUT2D eigenvalue weighted by Gasteiger charge is -2.16. The van der Waals surface area contributed by atoms with Gasteiger partial charge >= 0.3 is 0 Å². The minimum Gasteiger partial charge on any atom is -0.329 e. The summed E-state index contributed by atoms with van der Waals surface area (Å²) in [6.07, 6.45) is 3.69. The van der Waals surface area contributed by atoms with Crippen LogP contribution in [0, 0.1) is 0 Å². The summed E-state index contributed by atoms with van der Waals surface area (Å²) >= 11 is 0. The van der Waals surface area contributed by atoms with Crippen LogP contribution in [0.1, 0.15) is 19.4 Å². The summed E-state index contributed by atoms with van der Waals surface area (Å²) in [5.41, 5.74) is 7.15. The first kappa shape index (κ1) is 9.42. The van der Waals surface area contributed by atoms with Crippen LogP contribution in [0.3, 0.4) is 0 Å². The fourth-order valence-electron chi connectivity index (χ4n) is 0.833. The quantitative estimate of drug-likeness (QED) is 0.701. The van der Waals surface area contributed by atoms with Gasteiger partial charge in [-0.15, -0.1) is 0 Å². The smallest absolute Gasteiger partial charge is 0.0690 e. The minimum absolute atomic E-state index is 0.0458. The molecule has 2 nitrogen and oxygen atoms in total. The third kappa shape index (κ3) is 3.64. The van der Waals surface area contributed by atoms with E-state index in [4.69, 9.17) is 5.73 Å². The Balaban J connectivity index is 2.44. The average Bonchev–Trinajstić information content (AvgIpc) is 2.02. The van der Waals surface area contributed by atoms with E-state index in [-0.39, 0.29) is 5.16 Å². The Bertz CT molecular complexity index is 228. The van der Waals surface area contributed by atoms with E-state index in [9.17, 15) is 0 Å². The second-order valence-electron chi connectivity index (χ2n) is 3.44. The summed E-state index contributed by atoms with van der Waals surface area (Å²) in [4.78, 5) is 4.05. The maximum atomic E-state index is 5.88. The van der Waals surface area contributed by atoms with Crippen LogP contribution in [0.2, 0.25) is 0 Å². The van der Waals surface area contributed by atoms with Gasteiger partial charge in [0.1, 0.15) is 0 Å². The van der Waals surface area contributed by atoms with Crippen molar-refractivity contribution in [1.29, 1.82) is 0 Å². The van der Waals surface area contributed by atoms with Gasteiger partial charge in [-0.25, -0.2) is 0 Å². The first-order valence-corrected chi connectivity index (χ1v) is 5.21. The van der Waals surface area contributed by atoms with Crippen molar-refractivity contribution >= 4 is 9.52 Å². The predicted octanol–water partition coefficient (Wildman–Crippen LogP) is 0.981. The highest BCUT2D eigenvalue weighted by atomic mass is 28.2. The molecule has 2 radical (unpaired) electrons. The molecule has 0 aliphatic rings. The molecule has 64 valence electrons. The van der Waals surface area contributed by atoms with E-state index < -0.39 is 0 Å². The van der Waals surface area contributed by atoms with Crippen molar-refractivity contribution in [2.45, 2.75) is 25.1 Å². The van der Waals surface area contributed by atoms with Crippen molar-refractivity contribution < 1.29 is 0 Å². The summed E-state index contributed by atoms with van der Waals surface area (Å²) in [5.74, 6) is 0. The molecule has 0 aliphatic carbocycles. The number of pyridine rings is 1. The zero-order valence-electron chi connectivity index (χ0n) is 7.54. The summed E-state index contributed by atoms with van der Waals surface area (Å²) in [6.45, 7) is 4.11. The van der Waals surface area contributed by atoms with Gasteiger partial charge in [0, 0.05) is 12.4 Å². The lowest BCUT2D eigenvalue weighted by atomic mass is 10.3. The van der Waals surface area contributed by atoms with Crippen molar-refractivity contribution in [1.82, 2.24) is 4.98 Å². The molecule has 0 atom stereocenters. The van der Waals surface area contributed by atoms with E-state index in [1.54, 1.807) is 6.20 Å². The molecular formula is C9H14N2Si. The van der Waals surface area contributed by atoms with E-state index >= 15 is 0 Å². The Kier molecular flexibility index (Phi) is 3.00. The number of hydrogen-bond donors (Lipinski definition) is 1. The number of nitrogens with two attached hydrogens (primary N) is 1. The fraction of sp³-hybridized carbons (Fsp3) is 0.444. The lowest BCUT2D eigenvalue weighted by molar-refractivity contribution is 0.724. The third-order valence-electron chi connectivity index (χ3n) is 1.47. The van der Waals surface area contributed by atoms with Crippen LogP contribution in [0.15, 0.2) is 24.5 Å². The Morgan fingerprint density at radius 2 is 2.33 bits per heavy atom. The van der Waals surface area contributed by atoms with Crippen molar-refractivity contribution in [2.75, 3.05) is 0 Å². The average molecular weight is 178 g/mol. The van der Waals surface area contributed by atoms with Crippen LogP contribution in [-0.2, 0) is 6.04 Å². The van der Waals surface area contributed by atoms with Crippen molar-refractivity contribution in [3.05, 3.63) is 30.1 Å². The molecule has 0 unspecified atom stereocenters. The second kappa shape index (κ2) is 3.82. The van der Waals surface area contributed by atoms with E-state index in [0.717, 1.165) is 15.6 Å². The van der Waals surface area contributed by atoms with Crippen LogP contribution in [-0.4, -0.2) is 19.7 Å². The molecule has 0 fully saturated rings. The molecule has 0 bridgehead atoms. The summed E-state index contributed by atoms with van der Waals surface area (Å²) in [5, 5.41) is -0.0458. The Morgan fingerprint density at radius 1 is 1.58 bits per heavy atom. The number of aromatic nitrogens is 1. The zero-order chi connectivity index (χ0) is 9.03. The molecule has 1 aromatic heterocycles. The molecule has 1 rings (SSSR count). The van der Waals surface area contributed by atoms with Gasteiger partial charge < -0.3 is 5.73 Å². The summed E-state index contributed by atoms with van der Waals surface area (Å²) in [7, 11) is 0.757. The summed E-state index contributed by atoms with van der Waals surface area (Å²) < 4.78 is 0. The summed E-state index contributed by atoms with van der Waals surface area (Å²) in [6, 6.07) is 5.09. The normalized spacial score (nSPS) is 11.6. The SMILES string of the molecule is CC(C)(N)[Si]Cc1cccnc1. The van der Waals surface area contributed by atoms with Crippen LogP contribution in [0.5, 0.6) is 0 Å². The van der Waals surface area contributed by atoms with Gasteiger partial charge in [0.2, 0.25) is 0 Å². The standard InChI is InChI=1S/C9H14N2Si/c1-9(2,10)12-7-8-4-3-5-11-6-8/h3-6H,7,10H2,1-2H3. The third-order valence-corrected chi connectivity index (χ3v) is 2.97. The fourth-order valence-corrected chi connectivity index (χ4v) is 1.70. The maximum absolute atomic E-state index is 5.88. The predicted molar refractivity (Wildman–Crippen MR) is 52.0 cm³/mol. The van der Waals surface area contributed by atoms with Crippen molar-refractivity contribution in [2.24, 2.45) is 5.73 Å². The van der Waals surface area contributed by atoms with Crippen LogP contribution >= 0.6 is 0 Å². The highest BCUT2D eigenvalue weighted by Crippen LogP contribution is 2.01. The monoisotopic (exact) mass is 178 g/mol. The van der Waals surface area contributed by atoms with Crippen LogP contribution in [0.25, 0.3) is 0 Å². The molecule has 0 saturated carbocycles. The van der Waals surface area contributed by atoms with Gasteiger partial charge in [0.25, 0.3) is 0 Å². The highest BCUT2D eigenvalue weighted by Gasteiger charge is 2.11. The number of nitrogens with zero attached hydrogens (tertiary/aromatic N) is 1. The van der Waals surface area contributed by atoms with E-state index in [1.807, 2.05) is 12.3 Å². The zero-order valence-corrected chi connectivity index (χ0v) is 8.54. The lowest BCUT2D eigenvalue weighted by Crippen LogP contribution is -2.40. The van der Waals surface area contributed by atoms with Crippen molar-refractivity contribution in [3.63, 3.8) is 0 Å². The molecule has 12 heavy (non-hydrogen) atoms. The molecular weight excluding hydrogens is 164 g/mol. The van der Waals surface area contributed by atoms with E-state index in [2.05, 4.69) is 24.9 Å². The van der Waals surface area contributed by atoms with E-state index in [1.165, 1.54) is 5.56 Å². The van der Waals surface area contributed by atoms with Crippen LogP contribution in [0.4, 0.5) is 0 Å². The number of rotatable bonds is 3. The largest absolute Gasteiger partial charge is 0.329 e. The minimum atomic E-state index is -0.0458. The Labute approximate surface area is 76.0 Å². The number of hydrogen-bond acceptors (Lipinski definition) is 2. The topological polar surface area (TPSA) is 38.9 Å².